The summed E-state index contributed by atoms with van der Waals surface area (Å²) in [5.74, 6) is -0.891. The van der Waals surface area contributed by atoms with Crippen molar-refractivity contribution in [2.24, 2.45) is 5.92 Å². The molecule has 0 amide bonds. The monoisotopic (exact) mass is 1080 g/mol. The maximum absolute atomic E-state index is 12.9. The van der Waals surface area contributed by atoms with Gasteiger partial charge in [0.2, 0.25) is 0 Å². The summed E-state index contributed by atoms with van der Waals surface area (Å²) in [6.07, 6.45) is 21.3. The number of nitrogens with two attached hydrogens (primary N) is 1. The van der Waals surface area contributed by atoms with Gasteiger partial charge in [0.25, 0.3) is 0 Å². The summed E-state index contributed by atoms with van der Waals surface area (Å²) in [7, 11) is -11.0. The normalized spacial score (nSPS) is 20.8. The molecule has 0 radical (unpaired) electrons. The first-order valence-electron chi connectivity index (χ1n) is 25.8. The van der Waals surface area contributed by atoms with Crippen molar-refractivity contribution >= 4 is 33.4 Å². The minimum atomic E-state index is -5.50. The quantitative estimate of drug-likeness (QED) is 0.0138. The fraction of sp³-hybridized carbons (Fsp3) is 0.720. The number of esters is 2. The summed E-state index contributed by atoms with van der Waals surface area (Å²) in [5, 5.41) is 51.6. The smallest absolute Gasteiger partial charge is 0.462 e. The molecule has 2 rings (SSSR count). The van der Waals surface area contributed by atoms with Gasteiger partial charge in [-0.2, -0.15) is 9.29 Å². The molecule has 73 heavy (non-hydrogen) atoms. The van der Waals surface area contributed by atoms with Crippen LogP contribution in [0.3, 0.4) is 0 Å². The molecule has 21 nitrogen and oxygen atoms in total. The van der Waals surface area contributed by atoms with E-state index in [2.05, 4.69) is 30.1 Å². The van der Waals surface area contributed by atoms with Gasteiger partial charge in [-0.1, -0.05) is 166 Å². The summed E-state index contributed by atoms with van der Waals surface area (Å²) in [6.45, 7) is 4.01. The zero-order chi connectivity index (χ0) is 54.1. The van der Waals surface area contributed by atoms with E-state index in [0.29, 0.717) is 12.8 Å². The number of aliphatic hydroxyl groups excluding tert-OH is 5. The minimum absolute atomic E-state index is 0.0111. The predicted octanol–water partition coefficient (Wildman–Crippen LogP) is 7.33. The van der Waals surface area contributed by atoms with E-state index in [1.54, 1.807) is 42.5 Å². The lowest BCUT2D eigenvalue weighted by Crippen LogP contribution is -2.36. The van der Waals surface area contributed by atoms with Crippen LogP contribution in [0.2, 0.25) is 0 Å². The molecule has 0 saturated carbocycles. The summed E-state index contributed by atoms with van der Waals surface area (Å²) in [4.78, 5) is 62.0. The predicted molar refractivity (Wildman–Crippen MR) is 274 cm³/mol. The van der Waals surface area contributed by atoms with Crippen molar-refractivity contribution in [3.8, 4) is 0 Å². The third kappa shape index (κ3) is 30.7. The Kier molecular flexibility index (Phi) is 33.6. The Bertz CT molecular complexity index is 1980. The van der Waals surface area contributed by atoms with E-state index in [-0.39, 0.29) is 31.5 Å². The Morgan fingerprint density at radius 1 is 0.740 bits per heavy atom. The second kappa shape index (κ2) is 37.4. The number of carbonyl (C=O) groups is 2. The summed E-state index contributed by atoms with van der Waals surface area (Å²) in [6, 6.07) is 1.23. The topological polar surface area (TPSA) is 326 Å². The maximum Gasteiger partial charge on any atom is 0.481 e. The van der Waals surface area contributed by atoms with Gasteiger partial charge in [-0.25, -0.2) is 13.9 Å². The van der Waals surface area contributed by atoms with Crippen molar-refractivity contribution in [3.63, 3.8) is 0 Å². The molecule has 10 atom stereocenters. The minimum Gasteiger partial charge on any atom is -0.462 e. The number of aromatic nitrogens is 2. The number of allylic oxidation sites excluding steroid dienone is 6. The molecule has 9 N–H and O–H groups in total. The van der Waals surface area contributed by atoms with Crippen LogP contribution < -0.4 is 11.4 Å². The number of phosphoric acid groups is 2. The van der Waals surface area contributed by atoms with Crippen LogP contribution in [0.1, 0.15) is 162 Å². The van der Waals surface area contributed by atoms with Crippen LogP contribution in [0.4, 0.5) is 5.82 Å². The van der Waals surface area contributed by atoms with Gasteiger partial charge in [-0.05, 0) is 37.7 Å². The van der Waals surface area contributed by atoms with Gasteiger partial charge in [0.15, 0.2) is 12.3 Å². The fourth-order valence-electron chi connectivity index (χ4n) is 7.53. The first-order valence-corrected chi connectivity index (χ1v) is 28.8. The lowest BCUT2D eigenvalue weighted by atomic mass is 10.0. The molecular formula is C50H85N3O18P2. The van der Waals surface area contributed by atoms with Crippen molar-refractivity contribution in [2.75, 3.05) is 25.6 Å². The van der Waals surface area contributed by atoms with Gasteiger partial charge >= 0.3 is 33.3 Å². The highest BCUT2D eigenvalue weighted by atomic mass is 31.3. The van der Waals surface area contributed by atoms with Gasteiger partial charge in [0.1, 0.15) is 30.7 Å². The molecule has 418 valence electrons. The molecule has 1 aromatic rings. The van der Waals surface area contributed by atoms with Gasteiger partial charge < -0.3 is 55.3 Å². The SMILES string of the molecule is CCCCC[C@@H](O)/C=C/C=C\C=C\C=C\[C@@H](O)[C@H](O)CCCC(=O)OC[C@H](COP(=O)(O)OP(=O)(O)OC[C@H]1O[C@@H](n2ccc(N)nc2=O)[C@H](O)[C@@H]1O)OC(=O)CCCCCCCCCCCCCCC(C)C. The number of aliphatic hydroxyl groups is 5. The Hall–Kier alpha value is -3.40. The average molecular weight is 1080 g/mol. The number of phosphoric ester groups is 2. The molecule has 1 aliphatic heterocycles. The number of unbranched alkanes of at least 4 members (excludes halogenated alkanes) is 13. The Labute approximate surface area is 430 Å². The lowest BCUT2D eigenvalue weighted by Gasteiger charge is -2.21. The van der Waals surface area contributed by atoms with E-state index in [9.17, 15) is 58.8 Å². The first kappa shape index (κ1) is 65.7. The highest BCUT2D eigenvalue weighted by Crippen LogP contribution is 2.60. The number of rotatable bonds is 41. The summed E-state index contributed by atoms with van der Waals surface area (Å²) in [5.41, 5.74) is 4.56. The van der Waals surface area contributed by atoms with E-state index in [1.165, 1.54) is 57.1 Å². The van der Waals surface area contributed by atoms with Crippen molar-refractivity contribution in [3.05, 3.63) is 71.4 Å². The number of ether oxygens (including phenoxy) is 3. The van der Waals surface area contributed by atoms with E-state index < -0.39 is 102 Å². The molecule has 0 bridgehead atoms. The molecule has 2 heterocycles. The zero-order valence-electron chi connectivity index (χ0n) is 42.9. The molecule has 2 unspecified atom stereocenters. The zero-order valence-corrected chi connectivity index (χ0v) is 44.7. The van der Waals surface area contributed by atoms with Crippen LogP contribution in [0.5, 0.6) is 0 Å². The number of nitrogen functional groups attached to an aromatic ring is 1. The Balaban J connectivity index is 1.88. The number of hydrogen-bond donors (Lipinski definition) is 8. The number of anilines is 1. The molecule has 1 saturated heterocycles. The molecule has 23 heteroatoms. The number of hydrogen-bond acceptors (Lipinski definition) is 18. The molecule has 0 aliphatic carbocycles. The van der Waals surface area contributed by atoms with Gasteiger partial charge in [0.05, 0.1) is 31.5 Å². The Morgan fingerprint density at radius 2 is 1.30 bits per heavy atom. The second-order valence-electron chi connectivity index (χ2n) is 18.7. The van der Waals surface area contributed by atoms with Gasteiger partial charge in [-0.15, -0.1) is 0 Å². The van der Waals surface area contributed by atoms with Crippen molar-refractivity contribution in [1.29, 1.82) is 0 Å². The number of carbonyl (C=O) groups excluding carboxylic acids is 2. The average Bonchev–Trinajstić information content (AvgIpc) is 3.60. The third-order valence-electron chi connectivity index (χ3n) is 11.7. The van der Waals surface area contributed by atoms with Crippen molar-refractivity contribution in [2.45, 2.75) is 205 Å². The van der Waals surface area contributed by atoms with Crippen LogP contribution in [0.25, 0.3) is 0 Å². The molecular weight excluding hydrogens is 993 g/mol. The van der Waals surface area contributed by atoms with E-state index in [0.717, 1.165) is 68.0 Å². The third-order valence-corrected chi connectivity index (χ3v) is 14.3. The lowest BCUT2D eigenvalue weighted by molar-refractivity contribution is -0.161. The maximum atomic E-state index is 12.9. The van der Waals surface area contributed by atoms with Crippen LogP contribution >= 0.6 is 15.6 Å². The second-order valence-corrected chi connectivity index (χ2v) is 21.8. The van der Waals surface area contributed by atoms with Crippen molar-refractivity contribution in [1.82, 2.24) is 9.55 Å². The van der Waals surface area contributed by atoms with Crippen LogP contribution in [0, 0.1) is 5.92 Å². The van der Waals surface area contributed by atoms with E-state index >= 15 is 0 Å². The first-order chi connectivity index (χ1) is 34.7. The highest BCUT2D eigenvalue weighted by Gasteiger charge is 2.46. The van der Waals surface area contributed by atoms with Crippen LogP contribution in [-0.4, -0.2) is 119 Å². The largest absolute Gasteiger partial charge is 0.481 e. The summed E-state index contributed by atoms with van der Waals surface area (Å²) >= 11 is 0. The van der Waals surface area contributed by atoms with Crippen LogP contribution in [-0.2, 0) is 46.3 Å². The summed E-state index contributed by atoms with van der Waals surface area (Å²) < 4.78 is 56.5. The highest BCUT2D eigenvalue weighted by molar-refractivity contribution is 7.61. The van der Waals surface area contributed by atoms with E-state index in [4.69, 9.17) is 29.0 Å². The molecule has 0 aromatic carbocycles. The fourth-order valence-corrected chi connectivity index (χ4v) is 9.64. The number of nitrogens with zero attached hydrogens (tertiary/aromatic N) is 2. The molecule has 0 spiro atoms. The van der Waals surface area contributed by atoms with Crippen molar-refractivity contribution < 1.29 is 81.6 Å². The Morgan fingerprint density at radius 3 is 1.92 bits per heavy atom. The van der Waals surface area contributed by atoms with Gasteiger partial charge in [0, 0.05) is 19.0 Å². The van der Waals surface area contributed by atoms with Gasteiger partial charge in [-0.3, -0.25) is 23.2 Å². The molecule has 1 fully saturated rings. The van der Waals surface area contributed by atoms with E-state index in [1.807, 2.05) is 0 Å². The molecule has 1 aliphatic rings. The van der Waals surface area contributed by atoms with Crippen LogP contribution in [0.15, 0.2) is 65.7 Å². The standard InChI is InChI=1S/C50H85N3O18P2/c1-4-5-20-27-39(54)28-22-17-14-15-18-23-29-41(55)42(56)30-25-32-45(57)66-35-40(69-46(58)31-24-19-13-11-9-7-6-8-10-12-16-21-26-38(2)3)36-67-72(62,63)71-73(64,65)68-37-43-47(59)48(60)49(70-43)53-34-33-44(51)52-50(53)61/h14-15,17-18,22-23,28-29,33-34,38-43,47-49,54-56,59-60H,4-13,16,19-21,24-27,30-32,35-37H2,1-3H3,(H,62,63)(H,64,65)(H2,51,52,61)/b17-14-,18-15+,28-22+,29-23+/t39-,40-,41-,42-,43-,47-,48-,49-/m1/s1. The molecule has 1 aromatic heterocycles.